The molecule has 0 aromatic heterocycles. The molecule has 30 heavy (non-hydrogen) atoms. The van der Waals surface area contributed by atoms with Crippen LogP contribution >= 0.6 is 28.1 Å². The first-order chi connectivity index (χ1) is 14.5. The highest BCUT2D eigenvalue weighted by Crippen LogP contribution is 2.26. The molecule has 4 nitrogen and oxygen atoms in total. The van der Waals surface area contributed by atoms with Crippen molar-refractivity contribution in [1.29, 1.82) is 0 Å². The summed E-state index contributed by atoms with van der Waals surface area (Å²) in [5.74, 6) is 1.61. The first-order valence-corrected chi connectivity index (χ1v) is 10.8. The molecule has 0 unspecified atom stereocenters. The second kappa shape index (κ2) is 10.5. The molecule has 0 atom stereocenters. The van der Waals surface area contributed by atoms with E-state index in [1.54, 1.807) is 14.2 Å². The van der Waals surface area contributed by atoms with Crippen LogP contribution in [0.2, 0.25) is 0 Å². The second-order valence-electron chi connectivity index (χ2n) is 6.96. The van der Waals surface area contributed by atoms with Crippen molar-refractivity contribution < 1.29 is 9.47 Å². The maximum atomic E-state index is 5.80. The van der Waals surface area contributed by atoms with Crippen LogP contribution in [-0.4, -0.2) is 24.2 Å². The van der Waals surface area contributed by atoms with Gasteiger partial charge in [0.25, 0.3) is 0 Å². The van der Waals surface area contributed by atoms with E-state index in [1.165, 1.54) is 5.56 Å². The molecular formula is C24H25BrN2O2S. The van der Waals surface area contributed by atoms with Crippen molar-refractivity contribution in [3.63, 3.8) is 0 Å². The molecule has 0 aliphatic rings. The number of thiocarbonyl (C=S) groups is 1. The summed E-state index contributed by atoms with van der Waals surface area (Å²) in [5, 5.41) is 4.00. The first kappa shape index (κ1) is 22.1. The minimum absolute atomic E-state index is 0.635. The zero-order valence-electron chi connectivity index (χ0n) is 17.3. The zero-order chi connectivity index (χ0) is 21.5. The molecule has 3 aromatic carbocycles. The van der Waals surface area contributed by atoms with E-state index >= 15 is 0 Å². The topological polar surface area (TPSA) is 33.7 Å². The fourth-order valence-electron chi connectivity index (χ4n) is 3.06. The van der Waals surface area contributed by atoms with Crippen LogP contribution in [0, 0.1) is 6.92 Å². The highest BCUT2D eigenvalue weighted by atomic mass is 79.9. The van der Waals surface area contributed by atoms with Gasteiger partial charge in [0.2, 0.25) is 0 Å². The van der Waals surface area contributed by atoms with Crippen LogP contribution in [0.5, 0.6) is 11.5 Å². The average molecular weight is 485 g/mol. The molecule has 0 heterocycles. The first-order valence-electron chi connectivity index (χ1n) is 9.56. The minimum atomic E-state index is 0.635. The molecule has 3 rings (SSSR count). The van der Waals surface area contributed by atoms with Crippen LogP contribution in [-0.2, 0) is 13.1 Å². The lowest BCUT2D eigenvalue weighted by Gasteiger charge is -2.27. The molecule has 156 valence electrons. The van der Waals surface area contributed by atoms with E-state index in [-0.39, 0.29) is 0 Å². The Morgan fingerprint density at radius 2 is 1.50 bits per heavy atom. The number of ether oxygens (including phenoxy) is 2. The third-order valence-corrected chi connectivity index (χ3v) is 5.59. The van der Waals surface area contributed by atoms with Crippen LogP contribution in [0.3, 0.4) is 0 Å². The van der Waals surface area contributed by atoms with Gasteiger partial charge in [-0.05, 0) is 72.2 Å². The van der Waals surface area contributed by atoms with E-state index in [9.17, 15) is 0 Å². The van der Waals surface area contributed by atoms with Gasteiger partial charge < -0.3 is 19.7 Å². The Morgan fingerprint density at radius 3 is 2.07 bits per heavy atom. The van der Waals surface area contributed by atoms with Gasteiger partial charge in [0.05, 0.1) is 19.9 Å². The summed E-state index contributed by atoms with van der Waals surface area (Å²) < 4.78 is 11.8. The molecular weight excluding hydrogens is 460 g/mol. The standard InChI is InChI=1S/C24H25BrN2O2S/c1-17-4-13-22(23(14-17)29-3)26-24(30)27(15-18-5-9-20(25)10-6-18)16-19-7-11-21(28-2)12-8-19/h4-14H,15-16H2,1-3H3,(H,26,30). The van der Waals surface area contributed by atoms with Crippen molar-refractivity contribution in [1.82, 2.24) is 4.90 Å². The number of nitrogens with one attached hydrogen (secondary N) is 1. The van der Waals surface area contributed by atoms with Crippen molar-refractivity contribution in [2.45, 2.75) is 20.0 Å². The summed E-state index contributed by atoms with van der Waals surface area (Å²) in [6.45, 7) is 3.38. The quantitative estimate of drug-likeness (QED) is 0.405. The average Bonchev–Trinajstić information content (AvgIpc) is 2.76. The summed E-state index contributed by atoms with van der Waals surface area (Å²) in [5.41, 5.74) is 4.30. The van der Waals surface area contributed by atoms with Crippen molar-refractivity contribution in [3.8, 4) is 11.5 Å². The second-order valence-corrected chi connectivity index (χ2v) is 8.27. The van der Waals surface area contributed by atoms with Gasteiger partial charge >= 0.3 is 0 Å². The Hall–Kier alpha value is -2.57. The Kier molecular flexibility index (Phi) is 7.71. The minimum Gasteiger partial charge on any atom is -0.497 e. The van der Waals surface area contributed by atoms with E-state index < -0.39 is 0 Å². The monoisotopic (exact) mass is 484 g/mol. The number of nitrogens with zero attached hydrogens (tertiary/aromatic N) is 1. The number of benzene rings is 3. The number of aryl methyl sites for hydroxylation is 1. The van der Waals surface area contributed by atoms with Gasteiger partial charge in [-0.3, -0.25) is 0 Å². The SMILES string of the molecule is COc1ccc(CN(Cc2ccc(Br)cc2)C(=S)Nc2ccc(C)cc2OC)cc1. The fraction of sp³-hybridized carbons (Fsp3) is 0.208. The van der Waals surface area contributed by atoms with Crippen molar-refractivity contribution >= 4 is 38.9 Å². The van der Waals surface area contributed by atoms with Gasteiger partial charge in [0, 0.05) is 17.6 Å². The number of anilines is 1. The summed E-state index contributed by atoms with van der Waals surface area (Å²) in [7, 11) is 3.34. The van der Waals surface area contributed by atoms with Crippen molar-refractivity contribution in [3.05, 3.63) is 87.9 Å². The van der Waals surface area contributed by atoms with Gasteiger partial charge in [0.1, 0.15) is 11.5 Å². The van der Waals surface area contributed by atoms with E-state index in [0.717, 1.165) is 32.8 Å². The Labute approximate surface area is 191 Å². The molecule has 0 fully saturated rings. The molecule has 3 aromatic rings. The number of hydrogen-bond acceptors (Lipinski definition) is 3. The third-order valence-electron chi connectivity index (χ3n) is 4.71. The highest BCUT2D eigenvalue weighted by molar-refractivity contribution is 9.10. The maximum absolute atomic E-state index is 5.80. The van der Waals surface area contributed by atoms with Crippen LogP contribution in [0.4, 0.5) is 5.69 Å². The molecule has 0 aliphatic heterocycles. The molecule has 0 spiro atoms. The lowest BCUT2D eigenvalue weighted by Crippen LogP contribution is -2.34. The molecule has 0 aliphatic carbocycles. The molecule has 0 saturated carbocycles. The molecule has 6 heteroatoms. The van der Waals surface area contributed by atoms with Crippen LogP contribution < -0.4 is 14.8 Å². The van der Waals surface area contributed by atoms with Crippen molar-refractivity contribution in [2.24, 2.45) is 0 Å². The van der Waals surface area contributed by atoms with Gasteiger partial charge in [-0.1, -0.05) is 46.3 Å². The molecule has 0 radical (unpaired) electrons. The molecule has 1 N–H and O–H groups in total. The fourth-order valence-corrected chi connectivity index (χ4v) is 3.56. The van der Waals surface area contributed by atoms with Crippen LogP contribution in [0.1, 0.15) is 16.7 Å². The Balaban J connectivity index is 1.83. The normalized spacial score (nSPS) is 10.4. The highest BCUT2D eigenvalue weighted by Gasteiger charge is 2.14. The van der Waals surface area contributed by atoms with Gasteiger partial charge in [0.15, 0.2) is 5.11 Å². The van der Waals surface area contributed by atoms with Crippen LogP contribution in [0.15, 0.2) is 71.2 Å². The van der Waals surface area contributed by atoms with E-state index in [4.69, 9.17) is 21.7 Å². The number of halogens is 1. The Morgan fingerprint density at radius 1 is 0.900 bits per heavy atom. The van der Waals surface area contributed by atoms with Gasteiger partial charge in [-0.2, -0.15) is 0 Å². The summed E-state index contributed by atoms with van der Waals surface area (Å²) >= 11 is 9.29. The summed E-state index contributed by atoms with van der Waals surface area (Å²) in [6, 6.07) is 22.3. The van der Waals surface area contributed by atoms with Crippen molar-refractivity contribution in [2.75, 3.05) is 19.5 Å². The maximum Gasteiger partial charge on any atom is 0.174 e. The largest absolute Gasteiger partial charge is 0.497 e. The van der Waals surface area contributed by atoms with E-state index in [1.807, 2.05) is 49.4 Å². The van der Waals surface area contributed by atoms with Gasteiger partial charge in [-0.15, -0.1) is 0 Å². The zero-order valence-corrected chi connectivity index (χ0v) is 19.7. The Bertz CT molecular complexity index is 991. The number of rotatable bonds is 7. The summed E-state index contributed by atoms with van der Waals surface area (Å²) in [4.78, 5) is 2.14. The smallest absolute Gasteiger partial charge is 0.174 e. The van der Waals surface area contributed by atoms with E-state index in [2.05, 4.69) is 50.4 Å². The summed E-state index contributed by atoms with van der Waals surface area (Å²) in [6.07, 6.45) is 0. The molecule has 0 amide bonds. The lowest BCUT2D eigenvalue weighted by atomic mass is 10.1. The predicted octanol–water partition coefficient (Wildman–Crippen LogP) is 6.17. The van der Waals surface area contributed by atoms with Crippen LogP contribution in [0.25, 0.3) is 0 Å². The predicted molar refractivity (Wildman–Crippen MR) is 130 cm³/mol. The lowest BCUT2D eigenvalue weighted by molar-refractivity contribution is 0.405. The van der Waals surface area contributed by atoms with Gasteiger partial charge in [-0.25, -0.2) is 0 Å². The number of hydrogen-bond donors (Lipinski definition) is 1. The number of methoxy groups -OCH3 is 2. The molecule has 0 bridgehead atoms. The van der Waals surface area contributed by atoms with E-state index in [0.29, 0.717) is 18.2 Å². The molecule has 0 saturated heterocycles. The third kappa shape index (κ3) is 5.97.